The van der Waals surface area contributed by atoms with Crippen molar-refractivity contribution in [1.29, 1.82) is 0 Å². The van der Waals surface area contributed by atoms with Gasteiger partial charge in [-0.15, -0.1) is 0 Å². The molecular formula is C19H20FN5O2. The van der Waals surface area contributed by atoms with Crippen LogP contribution in [0.1, 0.15) is 25.7 Å². The van der Waals surface area contributed by atoms with Crippen LogP contribution in [0.5, 0.6) is 0 Å². The van der Waals surface area contributed by atoms with Gasteiger partial charge in [-0.2, -0.15) is 0 Å². The minimum Gasteiger partial charge on any atom is -0.338 e. The highest BCUT2D eigenvalue weighted by Gasteiger charge is 2.17. The lowest BCUT2D eigenvalue weighted by Crippen LogP contribution is -2.29. The van der Waals surface area contributed by atoms with E-state index < -0.39 is 17.4 Å². The molecule has 0 aliphatic heterocycles. The third-order valence-electron chi connectivity index (χ3n) is 3.98. The van der Waals surface area contributed by atoms with Gasteiger partial charge in [0.1, 0.15) is 17.2 Å². The van der Waals surface area contributed by atoms with Crippen LogP contribution < -0.4 is 21.9 Å². The highest BCUT2D eigenvalue weighted by molar-refractivity contribution is 5.89. The zero-order chi connectivity index (χ0) is 19.6. The number of hydrogen-bond acceptors (Lipinski definition) is 4. The van der Waals surface area contributed by atoms with Crippen molar-refractivity contribution in [3.63, 3.8) is 0 Å². The SMILES string of the molecule is CCNC(=O)Nc1cccc(-n2c(C(C)N)nc3c(F)cccc3c2=O)c1. The van der Waals surface area contributed by atoms with Gasteiger partial charge in [-0.3, -0.25) is 9.36 Å². The van der Waals surface area contributed by atoms with Gasteiger partial charge in [0.2, 0.25) is 0 Å². The van der Waals surface area contributed by atoms with Gasteiger partial charge in [0.15, 0.2) is 0 Å². The maximum atomic E-state index is 14.1. The fourth-order valence-electron chi connectivity index (χ4n) is 2.80. The number of rotatable bonds is 4. The zero-order valence-electron chi connectivity index (χ0n) is 15.0. The van der Waals surface area contributed by atoms with Crippen molar-refractivity contribution in [2.75, 3.05) is 11.9 Å². The number of fused-ring (bicyclic) bond motifs is 1. The number of nitrogens with zero attached hydrogens (tertiary/aromatic N) is 2. The number of hydrogen-bond donors (Lipinski definition) is 3. The molecule has 1 atom stereocenters. The van der Waals surface area contributed by atoms with Gasteiger partial charge in [0.05, 0.1) is 17.1 Å². The van der Waals surface area contributed by atoms with Crippen molar-refractivity contribution in [3.8, 4) is 5.69 Å². The molecule has 0 saturated heterocycles. The van der Waals surface area contributed by atoms with Gasteiger partial charge in [-0.1, -0.05) is 12.1 Å². The third kappa shape index (κ3) is 3.65. The van der Waals surface area contributed by atoms with Crippen molar-refractivity contribution >= 4 is 22.6 Å². The van der Waals surface area contributed by atoms with E-state index in [1.165, 1.54) is 22.8 Å². The molecule has 27 heavy (non-hydrogen) atoms. The van der Waals surface area contributed by atoms with Crippen molar-refractivity contribution in [2.24, 2.45) is 5.73 Å². The summed E-state index contributed by atoms with van der Waals surface area (Å²) in [6, 6.07) is 10.00. The lowest BCUT2D eigenvalue weighted by molar-refractivity contribution is 0.252. The first kappa shape index (κ1) is 18.5. The largest absolute Gasteiger partial charge is 0.338 e. The van der Waals surface area contributed by atoms with Gasteiger partial charge < -0.3 is 16.4 Å². The highest BCUT2D eigenvalue weighted by atomic mass is 19.1. The van der Waals surface area contributed by atoms with Crippen molar-refractivity contribution in [3.05, 3.63) is 64.5 Å². The molecule has 0 bridgehead atoms. The highest BCUT2D eigenvalue weighted by Crippen LogP contribution is 2.20. The molecule has 140 valence electrons. The predicted octanol–water partition coefficient (Wildman–Crippen LogP) is 2.69. The molecule has 0 spiro atoms. The van der Waals surface area contributed by atoms with Crippen molar-refractivity contribution in [1.82, 2.24) is 14.9 Å². The summed E-state index contributed by atoms with van der Waals surface area (Å²) in [4.78, 5) is 29.1. The Balaban J connectivity index is 2.19. The number of anilines is 1. The second kappa shape index (κ2) is 7.55. The van der Waals surface area contributed by atoms with Gasteiger partial charge in [-0.25, -0.2) is 14.2 Å². The first-order valence-electron chi connectivity index (χ1n) is 8.54. The predicted molar refractivity (Wildman–Crippen MR) is 103 cm³/mol. The van der Waals surface area contributed by atoms with Crippen LogP contribution >= 0.6 is 0 Å². The molecule has 0 saturated carbocycles. The van der Waals surface area contributed by atoms with Crippen LogP contribution in [-0.4, -0.2) is 22.1 Å². The Morgan fingerprint density at radius 1 is 1.30 bits per heavy atom. The summed E-state index contributed by atoms with van der Waals surface area (Å²) in [5, 5.41) is 5.48. The first-order valence-corrected chi connectivity index (χ1v) is 8.54. The Labute approximate surface area is 155 Å². The second-order valence-electron chi connectivity index (χ2n) is 6.07. The Bertz CT molecular complexity index is 1060. The van der Waals surface area contributed by atoms with Crippen LogP contribution in [0.4, 0.5) is 14.9 Å². The van der Waals surface area contributed by atoms with E-state index in [1.54, 1.807) is 31.2 Å². The van der Waals surface area contributed by atoms with Gasteiger partial charge in [-0.05, 0) is 44.2 Å². The van der Waals surface area contributed by atoms with Crippen molar-refractivity contribution < 1.29 is 9.18 Å². The van der Waals surface area contributed by atoms with Crippen LogP contribution in [0.15, 0.2) is 47.3 Å². The van der Waals surface area contributed by atoms with E-state index in [0.29, 0.717) is 17.9 Å². The summed E-state index contributed by atoms with van der Waals surface area (Å²) in [6.07, 6.45) is 0. The van der Waals surface area contributed by atoms with Crippen LogP contribution in [-0.2, 0) is 0 Å². The molecule has 8 heteroatoms. The summed E-state index contributed by atoms with van der Waals surface area (Å²) in [6.45, 7) is 3.96. The quantitative estimate of drug-likeness (QED) is 0.658. The third-order valence-corrected chi connectivity index (χ3v) is 3.98. The molecule has 0 aliphatic rings. The molecule has 1 unspecified atom stereocenters. The van der Waals surface area contributed by atoms with E-state index >= 15 is 0 Å². The number of nitrogens with two attached hydrogens (primary N) is 1. The molecule has 0 aliphatic carbocycles. The second-order valence-corrected chi connectivity index (χ2v) is 6.07. The monoisotopic (exact) mass is 369 g/mol. The molecule has 0 fully saturated rings. The Morgan fingerprint density at radius 3 is 2.74 bits per heavy atom. The summed E-state index contributed by atoms with van der Waals surface area (Å²) >= 11 is 0. The first-order chi connectivity index (χ1) is 12.9. The molecule has 0 radical (unpaired) electrons. The van der Waals surface area contributed by atoms with E-state index in [4.69, 9.17) is 5.73 Å². The number of nitrogens with one attached hydrogen (secondary N) is 2. The fraction of sp³-hybridized carbons (Fsp3) is 0.211. The van der Waals surface area contributed by atoms with E-state index in [0.717, 1.165) is 0 Å². The number of para-hydroxylation sites is 1. The molecule has 2 amide bonds. The number of benzene rings is 2. The summed E-state index contributed by atoms with van der Waals surface area (Å²) in [5.41, 5.74) is 6.53. The molecule has 2 aromatic carbocycles. The molecule has 7 nitrogen and oxygen atoms in total. The number of carbonyl (C=O) groups excluding carboxylic acids is 1. The lowest BCUT2D eigenvalue weighted by Gasteiger charge is -2.17. The summed E-state index contributed by atoms with van der Waals surface area (Å²) in [7, 11) is 0. The van der Waals surface area contributed by atoms with Crippen LogP contribution in [0.2, 0.25) is 0 Å². The standard InChI is InChI=1S/C19H20FN5O2/c1-3-22-19(27)23-12-6-4-7-13(10-12)25-17(11(2)21)24-16-14(18(25)26)8-5-9-15(16)20/h4-11H,3,21H2,1-2H3,(H2,22,23,27). The van der Waals surface area contributed by atoms with Crippen LogP contribution in [0, 0.1) is 5.82 Å². The minimum atomic E-state index is -0.610. The molecule has 3 rings (SSSR count). The topological polar surface area (TPSA) is 102 Å². The number of halogens is 1. The molecule has 1 heterocycles. The Hall–Kier alpha value is -3.26. The van der Waals surface area contributed by atoms with Crippen molar-refractivity contribution in [2.45, 2.75) is 19.9 Å². The van der Waals surface area contributed by atoms with E-state index in [2.05, 4.69) is 15.6 Å². The average Bonchev–Trinajstić information content (AvgIpc) is 2.62. The molecular weight excluding hydrogens is 349 g/mol. The zero-order valence-corrected chi connectivity index (χ0v) is 15.0. The normalized spacial score (nSPS) is 12.0. The van der Waals surface area contributed by atoms with E-state index in [-0.39, 0.29) is 22.8 Å². The Kier molecular flexibility index (Phi) is 5.18. The maximum Gasteiger partial charge on any atom is 0.319 e. The minimum absolute atomic E-state index is 0.0114. The summed E-state index contributed by atoms with van der Waals surface area (Å²) < 4.78 is 15.5. The number of carbonyl (C=O) groups is 1. The number of aromatic nitrogens is 2. The fourth-order valence-corrected chi connectivity index (χ4v) is 2.80. The van der Waals surface area contributed by atoms with Gasteiger partial charge >= 0.3 is 6.03 Å². The smallest absolute Gasteiger partial charge is 0.319 e. The van der Waals surface area contributed by atoms with Crippen LogP contribution in [0.3, 0.4) is 0 Å². The van der Waals surface area contributed by atoms with Gasteiger partial charge in [0.25, 0.3) is 5.56 Å². The summed E-state index contributed by atoms with van der Waals surface area (Å²) in [5.74, 6) is -0.349. The molecule has 4 N–H and O–H groups in total. The maximum absolute atomic E-state index is 14.1. The van der Waals surface area contributed by atoms with Crippen LogP contribution in [0.25, 0.3) is 16.6 Å². The molecule has 1 aromatic heterocycles. The Morgan fingerprint density at radius 2 is 2.04 bits per heavy atom. The van der Waals surface area contributed by atoms with E-state index in [9.17, 15) is 14.0 Å². The number of urea groups is 1. The molecule has 3 aromatic rings. The number of amides is 2. The van der Waals surface area contributed by atoms with Gasteiger partial charge in [0, 0.05) is 12.2 Å². The van der Waals surface area contributed by atoms with E-state index in [1.807, 2.05) is 6.92 Å². The lowest BCUT2D eigenvalue weighted by atomic mass is 10.2. The average molecular weight is 369 g/mol.